The van der Waals surface area contributed by atoms with Gasteiger partial charge < -0.3 is 0 Å². The van der Waals surface area contributed by atoms with Crippen LogP contribution in [0, 0.1) is 23.7 Å². The van der Waals surface area contributed by atoms with Crippen LogP contribution < -0.4 is 0 Å². The third kappa shape index (κ3) is 18.8. The van der Waals surface area contributed by atoms with E-state index in [0.29, 0.717) is 0 Å². The monoisotopic (exact) mass is 835 g/mol. The fourth-order valence-corrected chi connectivity index (χ4v) is 12.8. The zero-order valence-corrected chi connectivity index (χ0v) is 41.4. The van der Waals surface area contributed by atoms with Gasteiger partial charge in [-0.2, -0.15) is 0 Å². The van der Waals surface area contributed by atoms with Crippen LogP contribution in [0.2, 0.25) is 0 Å². The molecule has 2 aromatic rings. The molecule has 0 amide bonds. The highest BCUT2D eigenvalue weighted by atomic mass is 14.3. The van der Waals surface area contributed by atoms with Gasteiger partial charge in [0.25, 0.3) is 0 Å². The van der Waals surface area contributed by atoms with E-state index in [9.17, 15) is 0 Å². The van der Waals surface area contributed by atoms with Gasteiger partial charge in [-0.15, -0.1) is 0 Å². The van der Waals surface area contributed by atoms with E-state index in [4.69, 9.17) is 0 Å². The number of unbranched alkanes of at least 4 members (excludes halogenated alkanes) is 13. The Morgan fingerprint density at radius 1 is 0.246 bits per heavy atom. The molecule has 0 heterocycles. The minimum absolute atomic E-state index is 0.837. The maximum absolute atomic E-state index is 2.50. The lowest BCUT2D eigenvalue weighted by atomic mass is 9.75. The maximum atomic E-state index is 2.50. The Morgan fingerprint density at radius 2 is 0.426 bits per heavy atom. The predicted octanol–water partition coefficient (Wildman–Crippen LogP) is 20.7. The fourth-order valence-electron chi connectivity index (χ4n) is 12.8. The highest BCUT2D eigenvalue weighted by Gasteiger charge is 2.26. The summed E-state index contributed by atoms with van der Waals surface area (Å²) in [5.74, 6) is 7.44. The van der Waals surface area contributed by atoms with Gasteiger partial charge in [-0.05, 0) is 172 Å². The van der Waals surface area contributed by atoms with Gasteiger partial charge in [0, 0.05) is 0 Å². The van der Waals surface area contributed by atoms with Crippen molar-refractivity contribution in [3.8, 4) is 0 Å². The molecule has 0 bridgehead atoms. The Balaban J connectivity index is 0.000000231. The first-order valence-electron chi connectivity index (χ1n) is 28.3. The molecular weight excluding hydrogens is 733 g/mol. The fraction of sp³-hybridized carbons (Fsp3) is 0.803. The van der Waals surface area contributed by atoms with Crippen molar-refractivity contribution in [2.75, 3.05) is 0 Å². The highest BCUT2D eigenvalue weighted by Crippen LogP contribution is 2.43. The molecule has 0 atom stereocenters. The Morgan fingerprint density at radius 3 is 0.623 bits per heavy atom. The summed E-state index contributed by atoms with van der Waals surface area (Å²) in [4.78, 5) is 0. The molecule has 61 heavy (non-hydrogen) atoms. The van der Waals surface area contributed by atoms with Gasteiger partial charge in [0.2, 0.25) is 0 Å². The van der Waals surface area contributed by atoms with Crippen LogP contribution in [0.25, 0.3) is 0 Å². The minimum atomic E-state index is 0.837. The Labute approximate surface area is 381 Å². The van der Waals surface area contributed by atoms with E-state index in [1.54, 1.807) is 22.3 Å². The Bertz CT molecular complexity index is 1250. The van der Waals surface area contributed by atoms with E-state index in [1.807, 2.05) is 0 Å². The molecule has 0 nitrogen and oxygen atoms in total. The molecule has 4 aliphatic carbocycles. The average molecular weight is 835 g/mol. The van der Waals surface area contributed by atoms with Crippen LogP contribution in [-0.4, -0.2) is 0 Å². The zero-order chi connectivity index (χ0) is 42.7. The van der Waals surface area contributed by atoms with Crippen molar-refractivity contribution in [2.45, 2.75) is 289 Å². The summed E-state index contributed by atoms with van der Waals surface area (Å²) in [5, 5.41) is 0. The van der Waals surface area contributed by atoms with Gasteiger partial charge in [-0.1, -0.05) is 211 Å². The first kappa shape index (κ1) is 50.4. The van der Waals surface area contributed by atoms with E-state index in [1.165, 1.54) is 238 Å². The first-order chi connectivity index (χ1) is 30.1. The van der Waals surface area contributed by atoms with Gasteiger partial charge in [0.1, 0.15) is 0 Å². The van der Waals surface area contributed by atoms with Crippen molar-refractivity contribution >= 4 is 0 Å². The molecule has 4 fully saturated rings. The van der Waals surface area contributed by atoms with Crippen molar-refractivity contribution in [3.63, 3.8) is 0 Å². The predicted molar refractivity (Wildman–Crippen MR) is 271 cm³/mol. The molecule has 0 N–H and O–H groups in total. The van der Waals surface area contributed by atoms with Crippen LogP contribution in [0.15, 0.2) is 48.5 Å². The highest BCUT2D eigenvalue weighted by molar-refractivity contribution is 5.29. The molecule has 0 saturated heterocycles. The van der Waals surface area contributed by atoms with Gasteiger partial charge in [0.05, 0.1) is 0 Å². The van der Waals surface area contributed by atoms with Crippen molar-refractivity contribution in [2.24, 2.45) is 23.7 Å². The second-order valence-corrected chi connectivity index (χ2v) is 22.0. The molecule has 6 rings (SSSR count). The maximum Gasteiger partial charge on any atom is -0.0162 e. The SMILES string of the molecule is CCCCCCC[C@H]1CC[C@H](c2ccc([C@H]3CC[C@H](CCCCCC)CC3)cc2)CC1.CCCCCC[C@H]1CC[C@H](c2ccc([C@H]3CC[C@H](CCCCCC)CC3)cc2)CC1. The van der Waals surface area contributed by atoms with E-state index >= 15 is 0 Å². The van der Waals surface area contributed by atoms with Gasteiger partial charge in [-0.3, -0.25) is 0 Å². The summed E-state index contributed by atoms with van der Waals surface area (Å²) < 4.78 is 0. The van der Waals surface area contributed by atoms with Crippen LogP contribution >= 0.6 is 0 Å². The molecule has 4 aliphatic rings. The van der Waals surface area contributed by atoms with Gasteiger partial charge >= 0.3 is 0 Å². The third-order valence-corrected chi connectivity index (χ3v) is 17.3. The summed E-state index contributed by atoms with van der Waals surface area (Å²) >= 11 is 0. The largest absolute Gasteiger partial charge is 0.0654 e. The van der Waals surface area contributed by atoms with Gasteiger partial charge in [0.15, 0.2) is 0 Å². The van der Waals surface area contributed by atoms with Crippen LogP contribution in [0.3, 0.4) is 0 Å². The van der Waals surface area contributed by atoms with Crippen LogP contribution in [0.5, 0.6) is 0 Å². The van der Waals surface area contributed by atoms with Crippen LogP contribution in [0.4, 0.5) is 0 Å². The summed E-state index contributed by atoms with van der Waals surface area (Å²) in [5.41, 5.74) is 6.53. The van der Waals surface area contributed by atoms with Crippen molar-refractivity contribution in [1.29, 1.82) is 0 Å². The molecule has 0 aromatic heterocycles. The second kappa shape index (κ2) is 30.6. The first-order valence-corrected chi connectivity index (χ1v) is 28.3. The molecule has 0 aliphatic heterocycles. The summed E-state index contributed by atoms with van der Waals surface area (Å²) in [6, 6.07) is 20.0. The van der Waals surface area contributed by atoms with Crippen molar-refractivity contribution in [3.05, 3.63) is 70.8 Å². The normalized spacial score (nSPS) is 27.0. The lowest BCUT2D eigenvalue weighted by Gasteiger charge is -2.30. The number of hydrogen-bond donors (Lipinski definition) is 0. The molecule has 0 spiro atoms. The van der Waals surface area contributed by atoms with E-state index < -0.39 is 0 Å². The summed E-state index contributed by atoms with van der Waals surface area (Å²) in [7, 11) is 0. The van der Waals surface area contributed by atoms with Gasteiger partial charge in [-0.25, -0.2) is 0 Å². The molecule has 0 radical (unpaired) electrons. The number of hydrogen-bond acceptors (Lipinski definition) is 0. The smallest absolute Gasteiger partial charge is 0.0162 e. The van der Waals surface area contributed by atoms with Crippen LogP contribution in [0.1, 0.15) is 311 Å². The summed E-state index contributed by atoms with van der Waals surface area (Å²) in [6.07, 6.45) is 53.6. The topological polar surface area (TPSA) is 0 Å². The lowest BCUT2D eigenvalue weighted by Crippen LogP contribution is -2.14. The second-order valence-electron chi connectivity index (χ2n) is 22.0. The molecule has 4 saturated carbocycles. The number of rotatable bonds is 25. The zero-order valence-electron chi connectivity index (χ0n) is 41.4. The molecular formula is C61H102. The Hall–Kier alpha value is -1.56. The quantitative estimate of drug-likeness (QED) is 0.0874. The third-order valence-electron chi connectivity index (χ3n) is 17.3. The molecule has 0 heteroatoms. The van der Waals surface area contributed by atoms with E-state index in [-0.39, 0.29) is 0 Å². The van der Waals surface area contributed by atoms with Crippen LogP contribution in [-0.2, 0) is 0 Å². The molecule has 2 aromatic carbocycles. The minimum Gasteiger partial charge on any atom is -0.0654 e. The standard InChI is InChI=1S/C31H52.C30H50/c1-3-5-7-9-11-13-27-16-20-29(21-17-27)31-24-22-30(23-25-31)28-18-14-26(15-19-28)12-10-8-6-4-2;1-3-5-7-9-11-25-13-17-27(18-14-25)29-21-23-30(24-22-29)28-19-15-26(16-20-28)12-10-8-6-4-2/h22-29H,3-21H2,1-2H3;21-28H,3-20H2,1-2H3/t26-,27-,28-,29-;25-,26-,27-,28-. The average Bonchev–Trinajstić information content (AvgIpc) is 3.32. The number of benzene rings is 2. The van der Waals surface area contributed by atoms with Crippen molar-refractivity contribution in [1.82, 2.24) is 0 Å². The van der Waals surface area contributed by atoms with E-state index in [2.05, 4.69) is 76.2 Å². The summed E-state index contributed by atoms with van der Waals surface area (Å²) in [6.45, 7) is 9.26. The van der Waals surface area contributed by atoms with Crippen molar-refractivity contribution < 1.29 is 0 Å². The molecule has 0 unspecified atom stereocenters. The lowest BCUT2D eigenvalue weighted by molar-refractivity contribution is 0.300. The van der Waals surface area contributed by atoms with E-state index in [0.717, 1.165) is 47.3 Å². The Kier molecular flexibility index (Phi) is 25.3. The molecule has 346 valence electrons.